The number of aliphatic hydroxyl groups is 1. The highest BCUT2D eigenvalue weighted by Gasteiger charge is 2.33. The standard InChI is InChI=1S/C10H14Cl2O4/c11-6-10(15)3-1-7(2-4-10)16-9(14)5-8(12)13/h7,15H,1-6H2. The minimum Gasteiger partial charge on any atom is -0.462 e. The van der Waals surface area contributed by atoms with E-state index in [4.69, 9.17) is 27.9 Å². The van der Waals surface area contributed by atoms with Crippen molar-refractivity contribution in [1.82, 2.24) is 0 Å². The first-order chi connectivity index (χ1) is 7.45. The van der Waals surface area contributed by atoms with Gasteiger partial charge in [-0.1, -0.05) is 0 Å². The molecule has 0 radical (unpaired) electrons. The van der Waals surface area contributed by atoms with Gasteiger partial charge in [0.1, 0.15) is 12.5 Å². The molecule has 1 aliphatic carbocycles. The van der Waals surface area contributed by atoms with Gasteiger partial charge in [0.05, 0.1) is 11.5 Å². The molecule has 6 heteroatoms. The summed E-state index contributed by atoms with van der Waals surface area (Å²) >= 11 is 10.7. The normalized spacial score (nSPS) is 29.8. The Hall–Kier alpha value is -0.320. The van der Waals surface area contributed by atoms with Gasteiger partial charge in [-0.15, -0.1) is 11.6 Å². The van der Waals surface area contributed by atoms with Crippen LogP contribution in [0.4, 0.5) is 0 Å². The van der Waals surface area contributed by atoms with Crippen molar-refractivity contribution in [3.63, 3.8) is 0 Å². The van der Waals surface area contributed by atoms with E-state index in [9.17, 15) is 14.7 Å². The van der Waals surface area contributed by atoms with E-state index < -0.39 is 23.2 Å². The summed E-state index contributed by atoms with van der Waals surface area (Å²) in [5.74, 6) is -0.422. The molecule has 0 aromatic heterocycles. The number of hydrogen-bond acceptors (Lipinski definition) is 4. The van der Waals surface area contributed by atoms with Crippen molar-refractivity contribution < 1.29 is 19.4 Å². The zero-order valence-corrected chi connectivity index (χ0v) is 10.3. The predicted molar refractivity (Wildman–Crippen MR) is 59.5 cm³/mol. The van der Waals surface area contributed by atoms with Crippen molar-refractivity contribution >= 4 is 34.4 Å². The van der Waals surface area contributed by atoms with Gasteiger partial charge in [0.15, 0.2) is 0 Å². The lowest BCUT2D eigenvalue weighted by atomic mass is 9.85. The fourth-order valence-corrected chi connectivity index (χ4v) is 2.10. The molecule has 92 valence electrons. The third-order valence-corrected chi connectivity index (χ3v) is 3.32. The molecule has 1 rings (SSSR count). The molecule has 0 aliphatic heterocycles. The Morgan fingerprint density at radius 1 is 1.38 bits per heavy atom. The summed E-state index contributed by atoms with van der Waals surface area (Å²) in [6.45, 7) is 0. The second-order valence-electron chi connectivity index (χ2n) is 4.08. The third kappa shape index (κ3) is 4.28. The van der Waals surface area contributed by atoms with E-state index in [1.165, 1.54) is 0 Å². The molecule has 0 bridgehead atoms. The molecule has 0 heterocycles. The van der Waals surface area contributed by atoms with E-state index in [1.54, 1.807) is 0 Å². The highest BCUT2D eigenvalue weighted by atomic mass is 35.5. The van der Waals surface area contributed by atoms with Gasteiger partial charge >= 0.3 is 5.97 Å². The Morgan fingerprint density at radius 3 is 2.38 bits per heavy atom. The lowest BCUT2D eigenvalue weighted by Gasteiger charge is -2.34. The summed E-state index contributed by atoms with van der Waals surface area (Å²) in [5, 5.41) is 9.11. The molecular weight excluding hydrogens is 255 g/mol. The Morgan fingerprint density at radius 2 is 1.94 bits per heavy atom. The number of ether oxygens (including phenoxy) is 1. The first-order valence-electron chi connectivity index (χ1n) is 5.11. The van der Waals surface area contributed by atoms with Crippen molar-refractivity contribution in [2.24, 2.45) is 0 Å². The molecule has 4 nitrogen and oxygen atoms in total. The van der Waals surface area contributed by atoms with Crippen LogP contribution in [0.25, 0.3) is 0 Å². The number of carbonyl (C=O) groups excluding carboxylic acids is 2. The molecule has 1 aliphatic rings. The van der Waals surface area contributed by atoms with Crippen molar-refractivity contribution in [2.75, 3.05) is 5.88 Å². The highest BCUT2D eigenvalue weighted by molar-refractivity contribution is 6.64. The van der Waals surface area contributed by atoms with Gasteiger partial charge < -0.3 is 9.84 Å². The van der Waals surface area contributed by atoms with E-state index in [2.05, 4.69) is 0 Å². The quantitative estimate of drug-likeness (QED) is 0.364. The minimum atomic E-state index is -0.841. The van der Waals surface area contributed by atoms with E-state index in [-0.39, 0.29) is 12.0 Å². The lowest BCUT2D eigenvalue weighted by Crippen LogP contribution is -2.38. The van der Waals surface area contributed by atoms with Gasteiger partial charge in [-0.05, 0) is 37.3 Å². The maximum Gasteiger partial charge on any atom is 0.314 e. The Balaban J connectivity index is 2.32. The molecule has 1 saturated carbocycles. The van der Waals surface area contributed by atoms with Crippen LogP contribution in [0.15, 0.2) is 0 Å². The number of hydrogen-bond donors (Lipinski definition) is 1. The monoisotopic (exact) mass is 268 g/mol. The van der Waals surface area contributed by atoms with Crippen LogP contribution in [0.2, 0.25) is 0 Å². The molecule has 0 atom stereocenters. The number of carbonyl (C=O) groups is 2. The summed E-state index contributed by atoms with van der Waals surface area (Å²) in [7, 11) is 0. The molecule has 1 fully saturated rings. The summed E-state index contributed by atoms with van der Waals surface area (Å²) in [5.41, 5.74) is -0.841. The Labute approximate surface area is 104 Å². The SMILES string of the molecule is O=C(Cl)CC(=O)OC1CCC(O)(CCl)CC1. The average Bonchev–Trinajstić information content (AvgIpc) is 2.21. The van der Waals surface area contributed by atoms with Gasteiger partial charge in [0.2, 0.25) is 5.24 Å². The lowest BCUT2D eigenvalue weighted by molar-refractivity contribution is -0.153. The second kappa shape index (κ2) is 5.84. The highest BCUT2D eigenvalue weighted by Crippen LogP contribution is 2.30. The molecule has 0 aromatic rings. The van der Waals surface area contributed by atoms with Crippen molar-refractivity contribution in [3.8, 4) is 0 Å². The van der Waals surface area contributed by atoms with Crippen LogP contribution < -0.4 is 0 Å². The maximum atomic E-state index is 11.1. The first kappa shape index (κ1) is 13.7. The van der Waals surface area contributed by atoms with Gasteiger partial charge in [0, 0.05) is 0 Å². The number of rotatable bonds is 4. The third-order valence-electron chi connectivity index (χ3n) is 2.69. The Bertz CT molecular complexity index is 272. The first-order valence-corrected chi connectivity index (χ1v) is 6.02. The fraction of sp³-hybridized carbons (Fsp3) is 0.800. The van der Waals surface area contributed by atoms with Crippen LogP contribution in [-0.2, 0) is 14.3 Å². The van der Waals surface area contributed by atoms with Crippen LogP contribution in [0, 0.1) is 0 Å². The molecule has 1 N–H and O–H groups in total. The van der Waals surface area contributed by atoms with Gasteiger partial charge in [-0.25, -0.2) is 0 Å². The topological polar surface area (TPSA) is 63.6 Å². The van der Waals surface area contributed by atoms with Crippen LogP contribution in [-0.4, -0.2) is 33.9 Å². The summed E-state index contributed by atoms with van der Waals surface area (Å²) in [6, 6.07) is 0. The summed E-state index contributed by atoms with van der Waals surface area (Å²) < 4.78 is 5.04. The van der Waals surface area contributed by atoms with Gasteiger partial charge in [0.25, 0.3) is 0 Å². The fourth-order valence-electron chi connectivity index (χ4n) is 1.72. The van der Waals surface area contributed by atoms with E-state index in [0.717, 1.165) is 0 Å². The smallest absolute Gasteiger partial charge is 0.314 e. The van der Waals surface area contributed by atoms with Crippen molar-refractivity contribution in [1.29, 1.82) is 0 Å². The summed E-state index contributed by atoms with van der Waals surface area (Å²) in [6.07, 6.45) is 1.48. The minimum absolute atomic E-state index is 0.188. The number of esters is 1. The molecule has 0 spiro atoms. The largest absolute Gasteiger partial charge is 0.462 e. The molecule has 0 amide bonds. The number of alkyl halides is 1. The van der Waals surface area contributed by atoms with Crippen molar-refractivity contribution in [3.05, 3.63) is 0 Å². The van der Waals surface area contributed by atoms with Crippen LogP contribution in [0.5, 0.6) is 0 Å². The molecule has 16 heavy (non-hydrogen) atoms. The van der Waals surface area contributed by atoms with E-state index in [1.807, 2.05) is 0 Å². The summed E-state index contributed by atoms with van der Waals surface area (Å²) in [4.78, 5) is 21.6. The maximum absolute atomic E-state index is 11.1. The molecule has 0 aromatic carbocycles. The zero-order valence-electron chi connectivity index (χ0n) is 8.75. The molecular formula is C10H14Cl2O4. The predicted octanol–water partition coefficient (Wildman–Crippen LogP) is 1.60. The molecule has 0 unspecified atom stereocenters. The van der Waals surface area contributed by atoms with Gasteiger partial charge in [-0.2, -0.15) is 0 Å². The number of halogens is 2. The van der Waals surface area contributed by atoms with Crippen LogP contribution in [0.1, 0.15) is 32.1 Å². The average molecular weight is 269 g/mol. The van der Waals surface area contributed by atoms with Crippen molar-refractivity contribution in [2.45, 2.75) is 43.8 Å². The molecule has 0 saturated heterocycles. The van der Waals surface area contributed by atoms with Crippen LogP contribution in [0.3, 0.4) is 0 Å². The van der Waals surface area contributed by atoms with E-state index >= 15 is 0 Å². The van der Waals surface area contributed by atoms with Crippen LogP contribution >= 0.6 is 23.2 Å². The zero-order chi connectivity index (χ0) is 12.2. The van der Waals surface area contributed by atoms with Gasteiger partial charge in [-0.3, -0.25) is 9.59 Å². The second-order valence-corrected chi connectivity index (χ2v) is 4.77. The van der Waals surface area contributed by atoms with E-state index in [0.29, 0.717) is 25.7 Å². The Kier molecular flexibility index (Phi) is 5.02.